The van der Waals surface area contributed by atoms with E-state index >= 15 is 0 Å². The van der Waals surface area contributed by atoms with Gasteiger partial charge in [-0.25, -0.2) is 0 Å². The number of amides is 3. The molecule has 2 rings (SSSR count). The van der Waals surface area contributed by atoms with Gasteiger partial charge in [0.05, 0.1) is 12.5 Å². The van der Waals surface area contributed by atoms with Crippen LogP contribution in [0.25, 0.3) is 0 Å². The smallest absolute Gasteiger partial charge is 0.305 e. The highest BCUT2D eigenvalue weighted by molar-refractivity contribution is 5.95. The van der Waals surface area contributed by atoms with E-state index in [1.165, 1.54) is 11.3 Å². The molecule has 2 fully saturated rings. The molecule has 1 saturated carbocycles. The second kappa shape index (κ2) is 15.0. The minimum Gasteiger partial charge on any atom is -0.481 e. The molecule has 0 aromatic heterocycles. The van der Waals surface area contributed by atoms with Gasteiger partial charge in [0.1, 0.15) is 18.4 Å². The van der Waals surface area contributed by atoms with Crippen LogP contribution < -0.4 is 22.1 Å². The number of hydrogen-bond donors (Lipinski definition) is 5. The van der Waals surface area contributed by atoms with Gasteiger partial charge in [-0.3, -0.25) is 24.2 Å². The molecule has 3 atom stereocenters. The first kappa shape index (κ1) is 29.1. The van der Waals surface area contributed by atoms with E-state index < -0.39 is 42.3 Å². The summed E-state index contributed by atoms with van der Waals surface area (Å²) in [4.78, 5) is 66.7. The molecule has 0 aromatic carbocycles. The molecule has 0 aromatic rings. The summed E-state index contributed by atoms with van der Waals surface area (Å²) in [5, 5.41) is 14.6. The molecule has 3 amide bonds. The van der Waals surface area contributed by atoms with Gasteiger partial charge in [0.15, 0.2) is 5.96 Å². The number of aliphatic imine (C=N–C) groups is 1. The van der Waals surface area contributed by atoms with Gasteiger partial charge in [-0.15, -0.1) is 0 Å². The van der Waals surface area contributed by atoms with Crippen LogP contribution >= 0.6 is 0 Å². The number of hydrogen-bond acceptors (Lipinski definition) is 6. The van der Waals surface area contributed by atoms with Gasteiger partial charge in [-0.2, -0.15) is 0 Å². The quantitative estimate of drug-likeness (QED) is 0.0937. The highest BCUT2D eigenvalue weighted by atomic mass is 16.4. The van der Waals surface area contributed by atoms with E-state index in [0.717, 1.165) is 25.7 Å². The summed E-state index contributed by atoms with van der Waals surface area (Å²) in [6, 6.07) is -2.86. The minimum atomic E-state index is -1.25. The Hall–Kier alpha value is -3.18. The van der Waals surface area contributed by atoms with Crippen LogP contribution in [0.1, 0.15) is 77.0 Å². The number of rotatable bonds is 14. The van der Waals surface area contributed by atoms with Gasteiger partial charge in [0.25, 0.3) is 0 Å². The molecule has 36 heavy (non-hydrogen) atoms. The van der Waals surface area contributed by atoms with Crippen LogP contribution in [0.2, 0.25) is 0 Å². The van der Waals surface area contributed by atoms with Crippen LogP contribution in [0.3, 0.4) is 0 Å². The maximum absolute atomic E-state index is 13.2. The predicted octanol–water partition coefficient (Wildman–Crippen LogP) is 0.0347. The standard InChI is InChI=1S/C24H40N6O6/c25-24(26)27-12-4-8-17(15-31)28-22(35)19-9-5-13-30(19)23(36)18(14-21(33)34)29-20(32)11-10-16-6-2-1-3-7-16/h15-19H,1-14H2,(H,28,35)(H,29,32)(H,33,34)(H4,25,26,27)/t17-,18-,19+/m1/s1. The van der Waals surface area contributed by atoms with Crippen molar-refractivity contribution in [1.82, 2.24) is 15.5 Å². The number of guanidine groups is 1. The number of aliphatic carboxylic acids is 1. The van der Waals surface area contributed by atoms with Crippen molar-refractivity contribution in [3.63, 3.8) is 0 Å². The Morgan fingerprint density at radius 3 is 2.42 bits per heavy atom. The molecule has 0 radical (unpaired) electrons. The molecular weight excluding hydrogens is 468 g/mol. The largest absolute Gasteiger partial charge is 0.481 e. The van der Waals surface area contributed by atoms with Crippen molar-refractivity contribution in [3.8, 4) is 0 Å². The Kier molecular flexibility index (Phi) is 12.1. The van der Waals surface area contributed by atoms with Crippen molar-refractivity contribution in [2.45, 2.75) is 95.2 Å². The molecule has 1 saturated heterocycles. The fourth-order valence-corrected chi connectivity index (χ4v) is 4.93. The van der Waals surface area contributed by atoms with E-state index in [9.17, 15) is 29.1 Å². The average Bonchev–Trinajstić information content (AvgIpc) is 3.34. The lowest BCUT2D eigenvalue weighted by atomic mass is 9.86. The van der Waals surface area contributed by atoms with Gasteiger partial charge in [0, 0.05) is 19.5 Å². The Labute approximate surface area is 211 Å². The third kappa shape index (κ3) is 9.82. The SMILES string of the molecule is NC(N)=NCCC[C@H](C=O)NC(=O)[C@@H]1CCCN1C(=O)[C@@H](CC(=O)O)NC(=O)CCC1CCCCC1. The molecule has 1 aliphatic heterocycles. The van der Waals surface area contributed by atoms with Crippen molar-refractivity contribution in [2.75, 3.05) is 13.1 Å². The third-order valence-electron chi connectivity index (χ3n) is 6.81. The van der Waals surface area contributed by atoms with E-state index in [1.807, 2.05) is 0 Å². The highest BCUT2D eigenvalue weighted by Gasteiger charge is 2.38. The van der Waals surface area contributed by atoms with E-state index in [-0.39, 0.29) is 24.8 Å². The maximum atomic E-state index is 13.2. The van der Waals surface area contributed by atoms with Crippen LogP contribution in [0.15, 0.2) is 4.99 Å². The van der Waals surface area contributed by atoms with Crippen LogP contribution in [-0.2, 0) is 24.0 Å². The summed E-state index contributed by atoms with van der Waals surface area (Å²) >= 11 is 0. The Bertz CT molecular complexity index is 809. The van der Waals surface area contributed by atoms with Crippen molar-refractivity contribution < 1.29 is 29.1 Å². The number of carboxylic acid groups (broad SMARTS) is 1. The first-order chi connectivity index (χ1) is 17.2. The molecule has 1 heterocycles. The van der Waals surface area contributed by atoms with Crippen LogP contribution in [-0.4, -0.2) is 77.2 Å². The zero-order valence-corrected chi connectivity index (χ0v) is 20.8. The number of likely N-dealkylation sites (tertiary alicyclic amines) is 1. The number of carboxylic acids is 1. The lowest BCUT2D eigenvalue weighted by Gasteiger charge is -2.29. The second-order valence-corrected chi connectivity index (χ2v) is 9.65. The van der Waals surface area contributed by atoms with Crippen LogP contribution in [0.5, 0.6) is 0 Å². The summed E-state index contributed by atoms with van der Waals surface area (Å²) < 4.78 is 0. The Morgan fingerprint density at radius 1 is 1.06 bits per heavy atom. The first-order valence-corrected chi connectivity index (χ1v) is 12.8. The predicted molar refractivity (Wildman–Crippen MR) is 133 cm³/mol. The number of carbonyl (C=O) groups is 5. The lowest BCUT2D eigenvalue weighted by molar-refractivity contribution is -0.146. The average molecular weight is 509 g/mol. The molecular formula is C24H40N6O6. The molecule has 0 bridgehead atoms. The third-order valence-corrected chi connectivity index (χ3v) is 6.81. The number of nitrogens with two attached hydrogens (primary N) is 2. The summed E-state index contributed by atoms with van der Waals surface area (Å²) in [7, 11) is 0. The normalized spacial score (nSPS) is 19.7. The number of nitrogens with one attached hydrogen (secondary N) is 2. The van der Waals surface area contributed by atoms with Crippen molar-refractivity contribution >= 4 is 35.9 Å². The minimum absolute atomic E-state index is 0.0567. The number of carbonyl (C=O) groups excluding carboxylic acids is 4. The molecule has 0 spiro atoms. The van der Waals surface area contributed by atoms with E-state index in [4.69, 9.17) is 11.5 Å². The second-order valence-electron chi connectivity index (χ2n) is 9.65. The zero-order valence-electron chi connectivity index (χ0n) is 20.8. The topological polar surface area (TPSA) is 197 Å². The summed E-state index contributed by atoms with van der Waals surface area (Å²) in [5.74, 6) is -2.24. The molecule has 2 aliphatic rings. The molecule has 12 nitrogen and oxygen atoms in total. The Balaban J connectivity index is 1.95. The molecule has 7 N–H and O–H groups in total. The fraction of sp³-hybridized carbons (Fsp3) is 0.750. The van der Waals surface area contributed by atoms with E-state index in [0.29, 0.717) is 50.9 Å². The van der Waals surface area contributed by atoms with Crippen LogP contribution in [0.4, 0.5) is 0 Å². The van der Waals surface area contributed by atoms with E-state index in [1.54, 1.807) is 0 Å². The number of aldehydes is 1. The summed E-state index contributed by atoms with van der Waals surface area (Å²) in [5.41, 5.74) is 10.5. The van der Waals surface area contributed by atoms with Gasteiger partial charge >= 0.3 is 5.97 Å². The van der Waals surface area contributed by atoms with Gasteiger partial charge in [-0.1, -0.05) is 32.1 Å². The zero-order chi connectivity index (χ0) is 26.5. The summed E-state index contributed by atoms with van der Waals surface area (Å²) in [6.07, 6.45) is 8.44. The molecule has 1 aliphatic carbocycles. The Morgan fingerprint density at radius 2 is 1.78 bits per heavy atom. The summed E-state index contributed by atoms with van der Waals surface area (Å²) in [6.45, 7) is 0.578. The van der Waals surface area contributed by atoms with Gasteiger partial charge in [-0.05, 0) is 38.0 Å². The van der Waals surface area contributed by atoms with E-state index in [2.05, 4.69) is 15.6 Å². The van der Waals surface area contributed by atoms with Crippen molar-refractivity contribution in [2.24, 2.45) is 22.4 Å². The van der Waals surface area contributed by atoms with Crippen LogP contribution in [0, 0.1) is 5.92 Å². The van der Waals surface area contributed by atoms with Crippen molar-refractivity contribution in [3.05, 3.63) is 0 Å². The van der Waals surface area contributed by atoms with Crippen molar-refractivity contribution in [1.29, 1.82) is 0 Å². The monoisotopic (exact) mass is 508 g/mol. The molecule has 202 valence electrons. The van der Waals surface area contributed by atoms with Gasteiger partial charge in [0.2, 0.25) is 17.7 Å². The highest BCUT2D eigenvalue weighted by Crippen LogP contribution is 2.27. The maximum Gasteiger partial charge on any atom is 0.305 e. The molecule has 0 unspecified atom stereocenters. The first-order valence-electron chi connectivity index (χ1n) is 12.8. The fourth-order valence-electron chi connectivity index (χ4n) is 4.93. The number of nitrogens with zero attached hydrogens (tertiary/aromatic N) is 2. The molecule has 12 heteroatoms. The van der Waals surface area contributed by atoms with Gasteiger partial charge < -0.3 is 36.9 Å². The lowest BCUT2D eigenvalue weighted by Crippen LogP contribution is -2.55.